The molecule has 0 spiro atoms. The zero-order valence-corrected chi connectivity index (χ0v) is 17.3. The first kappa shape index (κ1) is 20.6. The Kier molecular flexibility index (Phi) is 6.60. The molecule has 1 saturated heterocycles. The molecule has 28 heavy (non-hydrogen) atoms. The first-order valence-corrected chi connectivity index (χ1v) is 10.3. The molecule has 154 valence electrons. The molecule has 2 amide bonds. The van der Waals surface area contributed by atoms with Crippen molar-refractivity contribution in [2.24, 2.45) is 5.92 Å². The number of fused-ring (bicyclic) bond motifs is 1. The first-order valence-electron chi connectivity index (χ1n) is 10.3. The van der Waals surface area contributed by atoms with Gasteiger partial charge in [0.1, 0.15) is 5.60 Å². The number of hydrogen-bond acceptors (Lipinski definition) is 4. The molecule has 2 heterocycles. The summed E-state index contributed by atoms with van der Waals surface area (Å²) in [6.45, 7) is 8.39. The van der Waals surface area contributed by atoms with Crippen molar-refractivity contribution < 1.29 is 19.1 Å². The van der Waals surface area contributed by atoms with Crippen molar-refractivity contribution in [1.82, 2.24) is 4.90 Å². The van der Waals surface area contributed by atoms with Gasteiger partial charge in [0.15, 0.2) is 0 Å². The number of rotatable bonds is 4. The number of carbonyl (C=O) groups is 2. The maximum Gasteiger partial charge on any atom is 0.410 e. The lowest BCUT2D eigenvalue weighted by Gasteiger charge is -2.31. The second-order valence-electron chi connectivity index (χ2n) is 8.81. The zero-order valence-electron chi connectivity index (χ0n) is 17.3. The van der Waals surface area contributed by atoms with Gasteiger partial charge in [0.05, 0.1) is 0 Å². The molecular weight excluding hydrogens is 356 g/mol. The Morgan fingerprint density at radius 2 is 2.11 bits per heavy atom. The average Bonchev–Trinajstić information content (AvgIpc) is 2.65. The second kappa shape index (κ2) is 8.95. The lowest BCUT2D eigenvalue weighted by atomic mass is 9.96. The first-order chi connectivity index (χ1) is 13.3. The largest absolute Gasteiger partial charge is 0.444 e. The van der Waals surface area contributed by atoms with Crippen molar-refractivity contribution in [3.05, 3.63) is 29.3 Å². The highest BCUT2D eigenvalue weighted by molar-refractivity contribution is 5.90. The number of anilines is 1. The van der Waals surface area contributed by atoms with E-state index in [1.165, 1.54) is 5.56 Å². The highest BCUT2D eigenvalue weighted by atomic mass is 16.6. The van der Waals surface area contributed by atoms with Gasteiger partial charge in [0, 0.05) is 38.4 Å². The van der Waals surface area contributed by atoms with Crippen LogP contribution in [0.3, 0.4) is 0 Å². The lowest BCUT2D eigenvalue weighted by molar-refractivity contribution is -0.116. The van der Waals surface area contributed by atoms with Crippen LogP contribution in [0.2, 0.25) is 0 Å². The quantitative estimate of drug-likeness (QED) is 0.842. The predicted octanol–water partition coefficient (Wildman–Crippen LogP) is 4.13. The number of carbonyl (C=O) groups excluding carboxylic acids is 2. The van der Waals surface area contributed by atoms with Gasteiger partial charge in [-0.15, -0.1) is 0 Å². The predicted molar refractivity (Wildman–Crippen MR) is 108 cm³/mol. The second-order valence-corrected chi connectivity index (χ2v) is 8.81. The molecule has 1 aromatic rings. The Bertz CT molecular complexity index is 705. The molecular formula is C22H32N2O4. The van der Waals surface area contributed by atoms with E-state index in [-0.39, 0.29) is 12.0 Å². The Hall–Kier alpha value is -2.08. The topological polar surface area (TPSA) is 67.9 Å². The number of nitrogens with zero attached hydrogens (tertiary/aromatic N) is 1. The summed E-state index contributed by atoms with van der Waals surface area (Å²) in [5.41, 5.74) is 2.57. The van der Waals surface area contributed by atoms with Crippen LogP contribution in [0.15, 0.2) is 18.2 Å². The Morgan fingerprint density at radius 3 is 2.82 bits per heavy atom. The van der Waals surface area contributed by atoms with Gasteiger partial charge in [-0.25, -0.2) is 4.79 Å². The van der Waals surface area contributed by atoms with Gasteiger partial charge in [0.25, 0.3) is 0 Å². The molecule has 0 aliphatic carbocycles. The standard InChI is InChI=1S/C22H32N2O4/c1-22(2,3)28-21(26)24-11-10-17-7-8-19(13-18(17)14-24)23-20(25)9-6-16-5-4-12-27-15-16/h7-8,13,16H,4-6,9-12,14-15H2,1-3H3,(H,23,25). The van der Waals surface area contributed by atoms with Gasteiger partial charge in [-0.2, -0.15) is 0 Å². The van der Waals surface area contributed by atoms with E-state index in [9.17, 15) is 9.59 Å². The van der Waals surface area contributed by atoms with Crippen molar-refractivity contribution in [2.75, 3.05) is 25.1 Å². The van der Waals surface area contributed by atoms with E-state index in [1.54, 1.807) is 4.90 Å². The Balaban J connectivity index is 1.54. The number of ether oxygens (including phenoxy) is 2. The average molecular weight is 389 g/mol. The van der Waals surface area contributed by atoms with E-state index in [1.807, 2.05) is 39.0 Å². The van der Waals surface area contributed by atoms with E-state index in [4.69, 9.17) is 9.47 Å². The minimum Gasteiger partial charge on any atom is -0.444 e. The highest BCUT2D eigenvalue weighted by Gasteiger charge is 2.26. The summed E-state index contributed by atoms with van der Waals surface area (Å²) in [4.78, 5) is 26.4. The maximum absolute atomic E-state index is 12.3. The molecule has 0 bridgehead atoms. The van der Waals surface area contributed by atoms with Crippen LogP contribution in [0.4, 0.5) is 10.5 Å². The fourth-order valence-electron chi connectivity index (χ4n) is 3.71. The molecule has 1 unspecified atom stereocenters. The summed E-state index contributed by atoms with van der Waals surface area (Å²) < 4.78 is 11.0. The van der Waals surface area contributed by atoms with Gasteiger partial charge in [-0.1, -0.05) is 6.07 Å². The number of amides is 2. The molecule has 1 fully saturated rings. The molecule has 1 N–H and O–H groups in total. The molecule has 6 heteroatoms. The molecule has 6 nitrogen and oxygen atoms in total. The van der Waals surface area contributed by atoms with Crippen LogP contribution in [-0.2, 0) is 27.2 Å². The molecule has 2 aliphatic rings. The molecule has 0 saturated carbocycles. The van der Waals surface area contributed by atoms with Crippen LogP contribution in [-0.4, -0.2) is 42.3 Å². The molecule has 3 rings (SSSR count). The van der Waals surface area contributed by atoms with Crippen molar-refractivity contribution in [3.8, 4) is 0 Å². The Morgan fingerprint density at radius 1 is 1.29 bits per heavy atom. The molecule has 1 aromatic carbocycles. The monoisotopic (exact) mass is 388 g/mol. The van der Waals surface area contributed by atoms with Crippen molar-refractivity contribution in [1.29, 1.82) is 0 Å². The van der Waals surface area contributed by atoms with E-state index < -0.39 is 5.60 Å². The summed E-state index contributed by atoms with van der Waals surface area (Å²) in [6.07, 6.45) is 4.11. The van der Waals surface area contributed by atoms with Gasteiger partial charge in [-0.05, 0) is 75.6 Å². The van der Waals surface area contributed by atoms with Crippen LogP contribution in [0.25, 0.3) is 0 Å². The molecule has 0 aromatic heterocycles. The van der Waals surface area contributed by atoms with Crippen molar-refractivity contribution in [2.45, 2.75) is 65.0 Å². The van der Waals surface area contributed by atoms with Gasteiger partial charge in [-0.3, -0.25) is 4.79 Å². The zero-order chi connectivity index (χ0) is 20.1. The molecule has 0 radical (unpaired) electrons. The smallest absolute Gasteiger partial charge is 0.410 e. The minimum absolute atomic E-state index is 0.0327. The summed E-state index contributed by atoms with van der Waals surface area (Å²) in [5, 5.41) is 3.00. The maximum atomic E-state index is 12.3. The van der Waals surface area contributed by atoms with Crippen LogP contribution in [0.1, 0.15) is 57.6 Å². The van der Waals surface area contributed by atoms with Crippen molar-refractivity contribution >= 4 is 17.7 Å². The lowest BCUT2D eigenvalue weighted by Crippen LogP contribution is -2.39. The van der Waals surface area contributed by atoms with E-state index >= 15 is 0 Å². The summed E-state index contributed by atoms with van der Waals surface area (Å²) >= 11 is 0. The molecule has 2 aliphatic heterocycles. The van der Waals surface area contributed by atoms with Crippen LogP contribution in [0, 0.1) is 5.92 Å². The van der Waals surface area contributed by atoms with Crippen molar-refractivity contribution in [3.63, 3.8) is 0 Å². The Labute approximate surface area is 167 Å². The van der Waals surface area contributed by atoms with Crippen LogP contribution >= 0.6 is 0 Å². The van der Waals surface area contributed by atoms with E-state index in [0.717, 1.165) is 50.1 Å². The van der Waals surface area contributed by atoms with Crippen LogP contribution in [0.5, 0.6) is 0 Å². The number of benzene rings is 1. The van der Waals surface area contributed by atoms with Gasteiger partial charge >= 0.3 is 6.09 Å². The number of hydrogen-bond donors (Lipinski definition) is 1. The highest BCUT2D eigenvalue weighted by Crippen LogP contribution is 2.25. The summed E-state index contributed by atoms with van der Waals surface area (Å²) in [6, 6.07) is 5.98. The summed E-state index contributed by atoms with van der Waals surface area (Å²) in [5.74, 6) is 0.524. The number of nitrogens with one attached hydrogen (secondary N) is 1. The van der Waals surface area contributed by atoms with Gasteiger partial charge < -0.3 is 19.7 Å². The molecule has 1 atom stereocenters. The third kappa shape index (κ3) is 5.96. The fourth-order valence-corrected chi connectivity index (χ4v) is 3.71. The SMILES string of the molecule is CC(C)(C)OC(=O)N1CCc2ccc(NC(=O)CCC3CCCOC3)cc2C1. The summed E-state index contributed by atoms with van der Waals surface area (Å²) in [7, 11) is 0. The van der Waals surface area contributed by atoms with Crippen LogP contribution < -0.4 is 5.32 Å². The minimum atomic E-state index is -0.503. The normalized spacial score (nSPS) is 19.7. The van der Waals surface area contributed by atoms with E-state index in [0.29, 0.717) is 25.4 Å². The van der Waals surface area contributed by atoms with Gasteiger partial charge in [0.2, 0.25) is 5.91 Å². The van der Waals surface area contributed by atoms with E-state index in [2.05, 4.69) is 5.32 Å². The third-order valence-corrected chi connectivity index (χ3v) is 5.19. The fraction of sp³-hybridized carbons (Fsp3) is 0.636. The third-order valence-electron chi connectivity index (χ3n) is 5.19.